The number of methoxy groups -OCH3 is 1. The number of ether oxygens (including phenoxy) is 1. The van der Waals surface area contributed by atoms with Crippen molar-refractivity contribution in [2.45, 2.75) is 32.1 Å². The molecular formula is C24H32ClN5O3. The van der Waals surface area contributed by atoms with Gasteiger partial charge in [0.15, 0.2) is 0 Å². The molecule has 2 aliphatic rings. The fourth-order valence-electron chi connectivity index (χ4n) is 4.17. The zero-order valence-corrected chi connectivity index (χ0v) is 20.1. The Bertz CT molecular complexity index is 996. The van der Waals surface area contributed by atoms with Crippen LogP contribution in [0, 0.1) is 6.92 Å². The summed E-state index contributed by atoms with van der Waals surface area (Å²) in [5.74, 6) is 0.389. The lowest BCUT2D eigenvalue weighted by Crippen LogP contribution is -2.51. The standard InChI is InChI=1S/C24H32ClN5O3/c1-17-4-7-19(14-21(17)25)30-23(18-5-6-18)20(15-27-30)24(32)29-11-9-28(10-12-29)16-22(31)26-8-3-13-33-2/h4,7,14-15,18H,3,5-6,8-13,16H2,1-2H3,(H,26,31). The molecule has 8 nitrogen and oxygen atoms in total. The van der Waals surface area contributed by atoms with Crippen LogP contribution in [-0.4, -0.2) is 84.4 Å². The first-order chi connectivity index (χ1) is 16.0. The number of benzene rings is 1. The number of amides is 2. The minimum atomic E-state index is 0.0138. The molecule has 0 spiro atoms. The molecule has 1 aromatic heterocycles. The molecule has 178 valence electrons. The molecule has 2 aromatic rings. The monoisotopic (exact) mass is 473 g/mol. The molecule has 0 atom stereocenters. The van der Waals surface area contributed by atoms with Gasteiger partial charge in [-0.15, -0.1) is 0 Å². The fourth-order valence-corrected chi connectivity index (χ4v) is 4.35. The highest BCUT2D eigenvalue weighted by Gasteiger charge is 2.35. The number of aromatic nitrogens is 2. The van der Waals surface area contributed by atoms with Crippen LogP contribution in [0.1, 0.15) is 46.8 Å². The molecule has 0 bridgehead atoms. The lowest BCUT2D eigenvalue weighted by Gasteiger charge is -2.34. The quantitative estimate of drug-likeness (QED) is 0.566. The van der Waals surface area contributed by atoms with Crippen LogP contribution < -0.4 is 5.32 Å². The second kappa shape index (κ2) is 10.7. The zero-order valence-electron chi connectivity index (χ0n) is 19.3. The molecule has 33 heavy (non-hydrogen) atoms. The van der Waals surface area contributed by atoms with Crippen LogP contribution in [0.3, 0.4) is 0 Å². The molecule has 1 N–H and O–H groups in total. The Hall–Kier alpha value is -2.42. The van der Waals surface area contributed by atoms with E-state index in [0.29, 0.717) is 62.4 Å². The Labute approximate surface area is 199 Å². The molecule has 4 rings (SSSR count). The van der Waals surface area contributed by atoms with E-state index in [1.807, 2.05) is 34.7 Å². The van der Waals surface area contributed by atoms with Gasteiger partial charge in [0.05, 0.1) is 29.7 Å². The fraction of sp³-hybridized carbons (Fsp3) is 0.542. The van der Waals surface area contributed by atoms with Crippen molar-refractivity contribution in [3.8, 4) is 5.69 Å². The van der Waals surface area contributed by atoms with Gasteiger partial charge in [0, 0.05) is 57.4 Å². The summed E-state index contributed by atoms with van der Waals surface area (Å²) in [6.07, 6.45) is 4.64. The first-order valence-electron chi connectivity index (χ1n) is 11.6. The van der Waals surface area contributed by atoms with Crippen molar-refractivity contribution >= 4 is 23.4 Å². The van der Waals surface area contributed by atoms with Gasteiger partial charge in [-0.25, -0.2) is 4.68 Å². The average Bonchev–Trinajstić information content (AvgIpc) is 3.56. The summed E-state index contributed by atoms with van der Waals surface area (Å²) in [6.45, 7) is 6.13. The van der Waals surface area contributed by atoms with Gasteiger partial charge in [0.25, 0.3) is 5.91 Å². The van der Waals surface area contributed by atoms with Crippen LogP contribution in [0.25, 0.3) is 5.69 Å². The van der Waals surface area contributed by atoms with Gasteiger partial charge in [-0.3, -0.25) is 14.5 Å². The highest BCUT2D eigenvalue weighted by Crippen LogP contribution is 2.43. The van der Waals surface area contributed by atoms with Crippen LogP contribution in [0.4, 0.5) is 0 Å². The molecule has 0 unspecified atom stereocenters. The number of aryl methyl sites for hydroxylation is 1. The summed E-state index contributed by atoms with van der Waals surface area (Å²) in [5, 5.41) is 8.18. The third kappa shape index (κ3) is 5.75. The predicted molar refractivity (Wildman–Crippen MR) is 127 cm³/mol. The SMILES string of the molecule is COCCCNC(=O)CN1CCN(C(=O)c2cnn(-c3ccc(C)c(Cl)c3)c2C2CC2)CC1. The van der Waals surface area contributed by atoms with Gasteiger partial charge in [-0.2, -0.15) is 5.10 Å². The van der Waals surface area contributed by atoms with Gasteiger partial charge in [-0.1, -0.05) is 17.7 Å². The van der Waals surface area contributed by atoms with E-state index in [1.54, 1.807) is 13.3 Å². The van der Waals surface area contributed by atoms with Crippen LogP contribution in [0.15, 0.2) is 24.4 Å². The van der Waals surface area contributed by atoms with E-state index in [2.05, 4.69) is 15.3 Å². The normalized spacial score (nSPS) is 16.8. The van der Waals surface area contributed by atoms with E-state index < -0.39 is 0 Å². The van der Waals surface area contributed by atoms with Gasteiger partial charge < -0.3 is 15.0 Å². The smallest absolute Gasteiger partial charge is 0.257 e. The van der Waals surface area contributed by atoms with Gasteiger partial charge in [0.1, 0.15) is 0 Å². The van der Waals surface area contributed by atoms with Gasteiger partial charge in [-0.05, 0) is 43.9 Å². The summed E-state index contributed by atoms with van der Waals surface area (Å²) in [6, 6.07) is 5.88. The Morgan fingerprint density at radius 2 is 1.97 bits per heavy atom. The molecule has 9 heteroatoms. The second-order valence-corrected chi connectivity index (χ2v) is 9.23. The molecule has 0 radical (unpaired) electrons. The minimum absolute atomic E-state index is 0.0138. The van der Waals surface area contributed by atoms with Gasteiger partial charge >= 0.3 is 0 Å². The first kappa shape index (κ1) is 23.7. The lowest BCUT2D eigenvalue weighted by molar-refractivity contribution is -0.122. The van der Waals surface area contributed by atoms with Gasteiger partial charge in [0.2, 0.25) is 5.91 Å². The van der Waals surface area contributed by atoms with Crippen molar-refractivity contribution in [2.24, 2.45) is 0 Å². The molecule has 2 amide bonds. The summed E-state index contributed by atoms with van der Waals surface area (Å²) in [4.78, 5) is 29.5. The number of hydrogen-bond donors (Lipinski definition) is 1. The van der Waals surface area contributed by atoms with Crippen molar-refractivity contribution < 1.29 is 14.3 Å². The number of rotatable bonds is 9. The third-order valence-corrected chi connectivity index (χ3v) is 6.68. The van der Waals surface area contributed by atoms with Crippen molar-refractivity contribution in [3.63, 3.8) is 0 Å². The highest BCUT2D eigenvalue weighted by atomic mass is 35.5. The lowest BCUT2D eigenvalue weighted by atomic mass is 10.1. The largest absolute Gasteiger partial charge is 0.385 e. The molecule has 1 aliphatic carbocycles. The number of piperazine rings is 1. The molecule has 1 saturated carbocycles. The number of nitrogens with zero attached hydrogens (tertiary/aromatic N) is 4. The minimum Gasteiger partial charge on any atom is -0.385 e. The number of carbonyl (C=O) groups is 2. The Kier molecular flexibility index (Phi) is 7.67. The molecule has 1 saturated heterocycles. The molecule has 2 heterocycles. The van der Waals surface area contributed by atoms with E-state index in [4.69, 9.17) is 16.3 Å². The van der Waals surface area contributed by atoms with Crippen molar-refractivity contribution in [1.82, 2.24) is 24.9 Å². The maximum absolute atomic E-state index is 13.4. The molecule has 1 aliphatic heterocycles. The Morgan fingerprint density at radius 1 is 1.21 bits per heavy atom. The topological polar surface area (TPSA) is 79.7 Å². The van der Waals surface area contributed by atoms with E-state index in [9.17, 15) is 9.59 Å². The van der Waals surface area contributed by atoms with E-state index >= 15 is 0 Å². The molecule has 1 aromatic carbocycles. The average molecular weight is 474 g/mol. The number of carbonyl (C=O) groups excluding carboxylic acids is 2. The Balaban J connectivity index is 1.38. The summed E-state index contributed by atoms with van der Waals surface area (Å²) < 4.78 is 6.87. The number of hydrogen-bond acceptors (Lipinski definition) is 5. The highest BCUT2D eigenvalue weighted by molar-refractivity contribution is 6.31. The Morgan fingerprint density at radius 3 is 2.64 bits per heavy atom. The van der Waals surface area contributed by atoms with Crippen molar-refractivity contribution in [1.29, 1.82) is 0 Å². The predicted octanol–water partition coefficient (Wildman–Crippen LogP) is 2.62. The number of halogens is 1. The second-order valence-electron chi connectivity index (χ2n) is 8.83. The van der Waals surface area contributed by atoms with E-state index in [0.717, 1.165) is 36.2 Å². The van der Waals surface area contributed by atoms with E-state index in [1.165, 1.54) is 0 Å². The van der Waals surface area contributed by atoms with Crippen molar-refractivity contribution in [2.75, 3.05) is 53.0 Å². The maximum atomic E-state index is 13.4. The summed E-state index contributed by atoms with van der Waals surface area (Å²) in [7, 11) is 1.65. The van der Waals surface area contributed by atoms with Crippen LogP contribution in [0.2, 0.25) is 5.02 Å². The zero-order chi connectivity index (χ0) is 23.4. The van der Waals surface area contributed by atoms with Crippen LogP contribution >= 0.6 is 11.6 Å². The van der Waals surface area contributed by atoms with Crippen LogP contribution in [-0.2, 0) is 9.53 Å². The number of nitrogens with one attached hydrogen (secondary N) is 1. The molecule has 2 fully saturated rings. The van der Waals surface area contributed by atoms with Crippen molar-refractivity contribution in [3.05, 3.63) is 46.2 Å². The maximum Gasteiger partial charge on any atom is 0.257 e. The summed E-state index contributed by atoms with van der Waals surface area (Å²) >= 11 is 6.34. The van der Waals surface area contributed by atoms with E-state index in [-0.39, 0.29) is 11.8 Å². The molecular weight excluding hydrogens is 442 g/mol. The first-order valence-corrected chi connectivity index (χ1v) is 12.0. The summed E-state index contributed by atoms with van der Waals surface area (Å²) in [5.41, 5.74) is 3.56. The van der Waals surface area contributed by atoms with Crippen LogP contribution in [0.5, 0.6) is 0 Å². The third-order valence-electron chi connectivity index (χ3n) is 6.28.